The van der Waals surface area contributed by atoms with Gasteiger partial charge in [0, 0.05) is 57.3 Å². The fourth-order valence-electron chi connectivity index (χ4n) is 3.68. The number of nitro groups is 1. The van der Waals surface area contributed by atoms with E-state index in [4.69, 9.17) is 0 Å². The molecular formula is C22H24N6O5S. The molecule has 0 spiro atoms. The predicted molar refractivity (Wildman–Crippen MR) is 124 cm³/mol. The normalized spacial score (nSPS) is 14.6. The maximum absolute atomic E-state index is 12.8. The summed E-state index contributed by atoms with van der Waals surface area (Å²) in [5, 5.41) is 17.8. The lowest BCUT2D eigenvalue weighted by molar-refractivity contribution is -0.384. The van der Waals surface area contributed by atoms with Gasteiger partial charge in [-0.25, -0.2) is 17.9 Å². The van der Waals surface area contributed by atoms with Crippen LogP contribution in [-0.2, 0) is 16.4 Å². The molecule has 0 unspecified atom stereocenters. The first-order valence-corrected chi connectivity index (χ1v) is 12.1. The Balaban J connectivity index is 1.24. The Kier molecular flexibility index (Phi) is 6.89. The van der Waals surface area contributed by atoms with Crippen molar-refractivity contribution in [3.8, 4) is 5.69 Å². The van der Waals surface area contributed by atoms with Gasteiger partial charge in [-0.15, -0.1) is 0 Å². The van der Waals surface area contributed by atoms with Crippen molar-refractivity contribution in [2.75, 3.05) is 32.7 Å². The number of nitrogens with zero attached hydrogens (tertiary/aromatic N) is 5. The van der Waals surface area contributed by atoms with E-state index in [1.807, 2.05) is 36.5 Å². The number of piperazine rings is 1. The Hall–Kier alpha value is -3.77. The predicted octanol–water partition coefficient (Wildman–Crippen LogP) is 2.04. The Labute approximate surface area is 196 Å². The van der Waals surface area contributed by atoms with E-state index in [9.17, 15) is 23.3 Å². The number of hydrogen-bond donors (Lipinski definition) is 1. The number of aromatic nitrogens is 2. The number of carbonyl (C=O) groups is 1. The van der Waals surface area contributed by atoms with E-state index in [0.29, 0.717) is 13.0 Å². The molecule has 1 aliphatic heterocycles. The third-order valence-corrected chi connectivity index (χ3v) is 7.52. The van der Waals surface area contributed by atoms with Crippen LogP contribution in [0.4, 0.5) is 10.5 Å². The zero-order chi connectivity index (χ0) is 24.1. The number of nitrogens with one attached hydrogen (secondary N) is 1. The van der Waals surface area contributed by atoms with Crippen molar-refractivity contribution in [2.45, 2.75) is 11.3 Å². The molecule has 34 heavy (non-hydrogen) atoms. The third kappa shape index (κ3) is 5.24. The van der Waals surface area contributed by atoms with E-state index in [0.717, 1.165) is 11.3 Å². The Bertz CT molecular complexity index is 1240. The Morgan fingerprint density at radius 3 is 2.29 bits per heavy atom. The highest BCUT2D eigenvalue weighted by Gasteiger charge is 2.30. The van der Waals surface area contributed by atoms with Gasteiger partial charge < -0.3 is 10.2 Å². The summed E-state index contributed by atoms with van der Waals surface area (Å²) >= 11 is 0. The molecule has 2 amide bonds. The van der Waals surface area contributed by atoms with E-state index >= 15 is 0 Å². The van der Waals surface area contributed by atoms with Crippen molar-refractivity contribution >= 4 is 21.7 Å². The van der Waals surface area contributed by atoms with E-state index < -0.39 is 14.9 Å². The molecule has 1 fully saturated rings. The van der Waals surface area contributed by atoms with Crippen LogP contribution in [0.3, 0.4) is 0 Å². The summed E-state index contributed by atoms with van der Waals surface area (Å²) in [6.45, 7) is 1.29. The maximum atomic E-state index is 12.8. The van der Waals surface area contributed by atoms with Gasteiger partial charge >= 0.3 is 6.03 Å². The average molecular weight is 485 g/mol. The lowest BCUT2D eigenvalue weighted by Crippen LogP contribution is -2.53. The largest absolute Gasteiger partial charge is 0.338 e. The molecule has 4 rings (SSSR count). The van der Waals surface area contributed by atoms with Crippen molar-refractivity contribution in [1.82, 2.24) is 24.3 Å². The second-order valence-corrected chi connectivity index (χ2v) is 9.68. The van der Waals surface area contributed by atoms with Crippen LogP contribution in [0.15, 0.2) is 71.9 Å². The molecule has 0 atom stereocenters. The molecule has 2 aromatic carbocycles. The maximum Gasteiger partial charge on any atom is 0.317 e. The van der Waals surface area contributed by atoms with Gasteiger partial charge in [-0.3, -0.25) is 10.1 Å². The molecular weight excluding hydrogens is 460 g/mol. The lowest BCUT2D eigenvalue weighted by atomic mass is 10.1. The van der Waals surface area contributed by atoms with Crippen molar-refractivity contribution in [3.63, 3.8) is 0 Å². The number of hydrogen-bond acceptors (Lipinski definition) is 6. The highest BCUT2D eigenvalue weighted by Crippen LogP contribution is 2.21. The smallest absolute Gasteiger partial charge is 0.317 e. The molecule has 11 nitrogen and oxygen atoms in total. The fourth-order valence-corrected chi connectivity index (χ4v) is 5.11. The minimum Gasteiger partial charge on any atom is -0.338 e. The molecule has 1 N–H and O–H groups in total. The standard InChI is InChI=1S/C22H24N6O5S/c29-22(23-12-10-18-2-4-19(5-3-18)27-13-1-11-24-27)25-14-16-26(17-15-25)34(32,33)21-8-6-20(7-9-21)28(30)31/h1-9,11,13H,10,12,14-17H2,(H,23,29). The SMILES string of the molecule is O=C(NCCc1ccc(-n2cccn2)cc1)N1CCN(S(=O)(=O)c2ccc([N+](=O)[O-])cc2)CC1. The van der Waals surface area contributed by atoms with E-state index in [-0.39, 0.29) is 42.8 Å². The number of amides is 2. The fraction of sp³-hybridized carbons (Fsp3) is 0.273. The minimum absolute atomic E-state index is 0.00502. The van der Waals surface area contributed by atoms with Crippen molar-refractivity contribution in [3.05, 3.63) is 82.7 Å². The second-order valence-electron chi connectivity index (χ2n) is 7.74. The summed E-state index contributed by atoms with van der Waals surface area (Å²) in [6, 6.07) is 14.3. The molecule has 2 heterocycles. The summed E-state index contributed by atoms with van der Waals surface area (Å²) < 4.78 is 28.7. The molecule has 1 saturated heterocycles. The van der Waals surface area contributed by atoms with Crippen LogP contribution in [0.1, 0.15) is 5.56 Å². The highest BCUT2D eigenvalue weighted by atomic mass is 32.2. The van der Waals surface area contributed by atoms with E-state index in [1.54, 1.807) is 15.8 Å². The first kappa shape index (κ1) is 23.4. The van der Waals surface area contributed by atoms with Crippen LogP contribution in [0.2, 0.25) is 0 Å². The van der Waals surface area contributed by atoms with Gasteiger partial charge in [-0.05, 0) is 42.3 Å². The van der Waals surface area contributed by atoms with E-state index in [2.05, 4.69) is 10.4 Å². The second kappa shape index (κ2) is 10.0. The zero-order valence-corrected chi connectivity index (χ0v) is 19.1. The quantitative estimate of drug-likeness (QED) is 0.403. The van der Waals surface area contributed by atoms with Crippen LogP contribution in [0.25, 0.3) is 5.69 Å². The van der Waals surface area contributed by atoms with Gasteiger partial charge in [-0.2, -0.15) is 9.40 Å². The topological polar surface area (TPSA) is 131 Å². The third-order valence-electron chi connectivity index (χ3n) is 5.61. The number of benzene rings is 2. The molecule has 1 aromatic heterocycles. The van der Waals surface area contributed by atoms with Gasteiger partial charge in [0.05, 0.1) is 15.5 Å². The summed E-state index contributed by atoms with van der Waals surface area (Å²) in [5.74, 6) is 0. The van der Waals surface area contributed by atoms with Crippen molar-refractivity contribution in [2.24, 2.45) is 0 Å². The molecule has 0 saturated carbocycles. The summed E-state index contributed by atoms with van der Waals surface area (Å²) in [7, 11) is -3.78. The minimum atomic E-state index is -3.78. The summed E-state index contributed by atoms with van der Waals surface area (Å²) in [4.78, 5) is 24.3. The number of urea groups is 1. The van der Waals surface area contributed by atoms with Crippen LogP contribution in [0, 0.1) is 10.1 Å². The number of carbonyl (C=O) groups excluding carboxylic acids is 1. The summed E-state index contributed by atoms with van der Waals surface area (Å²) in [6.07, 6.45) is 4.25. The number of non-ortho nitro benzene ring substituents is 1. The van der Waals surface area contributed by atoms with Crippen molar-refractivity contribution in [1.29, 1.82) is 0 Å². The molecule has 0 aliphatic carbocycles. The van der Waals surface area contributed by atoms with Crippen molar-refractivity contribution < 1.29 is 18.1 Å². The first-order valence-electron chi connectivity index (χ1n) is 10.7. The Morgan fingerprint density at radius 1 is 1.03 bits per heavy atom. The molecule has 12 heteroatoms. The first-order chi connectivity index (χ1) is 16.3. The van der Waals surface area contributed by atoms with Gasteiger partial charge in [0.2, 0.25) is 10.0 Å². The molecule has 3 aromatic rings. The molecule has 1 aliphatic rings. The number of nitro benzene ring substituents is 1. The molecule has 0 bridgehead atoms. The monoisotopic (exact) mass is 484 g/mol. The van der Waals surface area contributed by atoms with Crippen LogP contribution < -0.4 is 5.32 Å². The van der Waals surface area contributed by atoms with Gasteiger partial charge in [0.1, 0.15) is 0 Å². The molecule has 178 valence electrons. The highest BCUT2D eigenvalue weighted by molar-refractivity contribution is 7.89. The van der Waals surface area contributed by atoms with Crippen LogP contribution in [-0.4, -0.2) is 71.1 Å². The zero-order valence-electron chi connectivity index (χ0n) is 18.3. The van der Waals surface area contributed by atoms with Crippen LogP contribution >= 0.6 is 0 Å². The average Bonchev–Trinajstić information content (AvgIpc) is 3.39. The molecule has 0 radical (unpaired) electrons. The van der Waals surface area contributed by atoms with Crippen LogP contribution in [0.5, 0.6) is 0 Å². The van der Waals surface area contributed by atoms with E-state index in [1.165, 1.54) is 28.6 Å². The lowest BCUT2D eigenvalue weighted by Gasteiger charge is -2.34. The summed E-state index contributed by atoms with van der Waals surface area (Å²) in [5.41, 5.74) is 1.86. The van der Waals surface area contributed by atoms with Gasteiger partial charge in [0.25, 0.3) is 5.69 Å². The number of rotatable bonds is 7. The number of sulfonamides is 1. The Morgan fingerprint density at radius 2 is 1.71 bits per heavy atom. The van der Waals surface area contributed by atoms with Gasteiger partial charge in [0.15, 0.2) is 0 Å². The van der Waals surface area contributed by atoms with Gasteiger partial charge in [-0.1, -0.05) is 12.1 Å².